The van der Waals surface area contributed by atoms with Crippen LogP contribution in [0.1, 0.15) is 6.23 Å². The highest BCUT2D eigenvalue weighted by molar-refractivity contribution is 5.70. The van der Waals surface area contributed by atoms with Gasteiger partial charge in [-0.15, -0.1) is 0 Å². The highest BCUT2D eigenvalue weighted by atomic mass is 19.3. The number of aromatic amines is 1. The summed E-state index contributed by atoms with van der Waals surface area (Å²) in [6.45, 7) is -1.22. The fraction of sp³-hybridized carbons (Fsp3) is 0.545. The lowest BCUT2D eigenvalue weighted by Gasteiger charge is -2.28. The first-order valence-electron chi connectivity index (χ1n) is 6.47. The number of hydrogen-bond donors (Lipinski definition) is 5. The standard InChI is InChI=1S/C11H13F2N5O5/c12-9(13)11(1-19)5(21)4(20)8(23-11)18-2-15-3-6(18)16-10(14)17-7(3)22/h2,4-5,8-9,19-21H,1H2,(H3,14,16,17,22). The maximum atomic E-state index is 13.2. The van der Waals surface area contributed by atoms with E-state index in [9.17, 15) is 28.9 Å². The van der Waals surface area contributed by atoms with Gasteiger partial charge in [-0.3, -0.25) is 14.3 Å². The number of imidazole rings is 1. The van der Waals surface area contributed by atoms with Gasteiger partial charge in [-0.1, -0.05) is 0 Å². The summed E-state index contributed by atoms with van der Waals surface area (Å²) in [5.74, 6) is -0.250. The molecule has 2 aromatic heterocycles. The van der Waals surface area contributed by atoms with Crippen LogP contribution in [0.3, 0.4) is 0 Å². The largest absolute Gasteiger partial charge is 0.393 e. The Labute approximate surface area is 126 Å². The van der Waals surface area contributed by atoms with E-state index in [1.54, 1.807) is 0 Å². The number of nitrogen functional groups attached to an aromatic ring is 1. The fourth-order valence-corrected chi connectivity index (χ4v) is 2.54. The number of alkyl halides is 2. The van der Waals surface area contributed by atoms with Crippen LogP contribution < -0.4 is 11.3 Å². The molecule has 23 heavy (non-hydrogen) atoms. The molecule has 1 saturated heterocycles. The molecule has 1 aliphatic rings. The maximum absolute atomic E-state index is 13.2. The summed E-state index contributed by atoms with van der Waals surface area (Å²) in [6.07, 6.45) is -7.64. The average Bonchev–Trinajstić information content (AvgIpc) is 3.01. The van der Waals surface area contributed by atoms with Crippen LogP contribution in [0, 0.1) is 0 Å². The van der Waals surface area contributed by atoms with Gasteiger partial charge in [0.05, 0.1) is 12.9 Å². The molecule has 0 radical (unpaired) electrons. The van der Waals surface area contributed by atoms with Crippen molar-refractivity contribution in [1.82, 2.24) is 19.5 Å². The van der Waals surface area contributed by atoms with E-state index >= 15 is 0 Å². The van der Waals surface area contributed by atoms with Gasteiger partial charge in [0.25, 0.3) is 12.0 Å². The molecule has 0 aromatic carbocycles. The lowest BCUT2D eigenvalue weighted by atomic mass is 9.96. The van der Waals surface area contributed by atoms with Crippen LogP contribution >= 0.6 is 0 Å². The number of H-pyrrole nitrogens is 1. The van der Waals surface area contributed by atoms with Crippen molar-refractivity contribution in [3.63, 3.8) is 0 Å². The molecule has 3 heterocycles. The van der Waals surface area contributed by atoms with Gasteiger partial charge in [-0.2, -0.15) is 4.98 Å². The van der Waals surface area contributed by atoms with Gasteiger partial charge >= 0.3 is 0 Å². The Morgan fingerprint density at radius 1 is 1.52 bits per heavy atom. The Balaban J connectivity index is 2.11. The molecule has 1 fully saturated rings. The van der Waals surface area contributed by atoms with Crippen LogP contribution in [0.25, 0.3) is 11.2 Å². The van der Waals surface area contributed by atoms with E-state index in [1.165, 1.54) is 0 Å². The molecule has 3 rings (SSSR count). The Hall–Kier alpha value is -2.15. The molecular formula is C11H13F2N5O5. The molecule has 0 aliphatic carbocycles. The van der Waals surface area contributed by atoms with E-state index in [2.05, 4.69) is 15.0 Å². The van der Waals surface area contributed by atoms with Crippen LogP contribution in [0.15, 0.2) is 11.1 Å². The van der Waals surface area contributed by atoms with Crippen LogP contribution in [0.2, 0.25) is 0 Å². The summed E-state index contributed by atoms with van der Waals surface area (Å²) < 4.78 is 32.5. The lowest BCUT2D eigenvalue weighted by molar-refractivity contribution is -0.194. The van der Waals surface area contributed by atoms with Crippen LogP contribution in [-0.4, -0.2) is 65.7 Å². The summed E-state index contributed by atoms with van der Waals surface area (Å²) in [5.41, 5.74) is 1.83. The highest BCUT2D eigenvalue weighted by Crippen LogP contribution is 2.41. The first-order chi connectivity index (χ1) is 10.8. The zero-order chi connectivity index (χ0) is 16.9. The molecule has 10 nitrogen and oxygen atoms in total. The van der Waals surface area contributed by atoms with E-state index in [4.69, 9.17) is 10.5 Å². The number of fused-ring (bicyclic) bond motifs is 1. The molecule has 0 amide bonds. The number of nitrogens with zero attached hydrogens (tertiary/aromatic N) is 3. The summed E-state index contributed by atoms with van der Waals surface area (Å²) in [5, 5.41) is 29.1. The fourth-order valence-electron chi connectivity index (χ4n) is 2.54. The number of halogens is 2. The number of anilines is 1. The SMILES string of the molecule is Nc1nc2c(ncn2C2OC(CO)(C(F)F)C(O)C2O)c(=O)[nH]1. The average molecular weight is 333 g/mol. The highest BCUT2D eigenvalue weighted by Gasteiger charge is 2.60. The van der Waals surface area contributed by atoms with E-state index in [0.717, 1.165) is 10.9 Å². The first-order valence-corrected chi connectivity index (χ1v) is 6.47. The van der Waals surface area contributed by atoms with Crippen molar-refractivity contribution in [2.24, 2.45) is 0 Å². The second-order valence-electron chi connectivity index (χ2n) is 5.13. The van der Waals surface area contributed by atoms with E-state index in [0.29, 0.717) is 0 Å². The molecule has 0 spiro atoms. The van der Waals surface area contributed by atoms with Gasteiger partial charge in [0.15, 0.2) is 23.0 Å². The summed E-state index contributed by atoms with van der Waals surface area (Å²) in [4.78, 5) is 21.5. The molecule has 2 aromatic rings. The van der Waals surface area contributed by atoms with Crippen molar-refractivity contribution >= 4 is 17.1 Å². The minimum absolute atomic E-state index is 0.120. The molecule has 4 atom stereocenters. The van der Waals surface area contributed by atoms with Gasteiger partial charge in [-0.05, 0) is 0 Å². The van der Waals surface area contributed by atoms with Crippen molar-refractivity contribution in [3.05, 3.63) is 16.7 Å². The number of rotatable bonds is 3. The maximum Gasteiger partial charge on any atom is 0.280 e. The number of hydrogen-bond acceptors (Lipinski definition) is 8. The summed E-state index contributed by atoms with van der Waals surface area (Å²) >= 11 is 0. The molecule has 0 saturated carbocycles. The summed E-state index contributed by atoms with van der Waals surface area (Å²) in [6, 6.07) is 0. The molecule has 6 N–H and O–H groups in total. The second kappa shape index (κ2) is 5.19. The molecular weight excluding hydrogens is 320 g/mol. The monoisotopic (exact) mass is 333 g/mol. The molecule has 12 heteroatoms. The third-order valence-corrected chi connectivity index (χ3v) is 3.80. The van der Waals surface area contributed by atoms with E-state index in [1.807, 2.05) is 0 Å². The van der Waals surface area contributed by atoms with Crippen LogP contribution in [-0.2, 0) is 4.74 Å². The Bertz CT molecular complexity index is 795. The quantitative estimate of drug-likeness (QED) is 0.429. The number of nitrogens with one attached hydrogen (secondary N) is 1. The molecule has 1 aliphatic heterocycles. The first kappa shape index (κ1) is 15.7. The van der Waals surface area contributed by atoms with Gasteiger partial charge < -0.3 is 25.8 Å². The normalized spacial score (nSPS) is 31.3. The minimum atomic E-state index is -3.27. The van der Waals surface area contributed by atoms with Gasteiger partial charge in [0.1, 0.15) is 12.2 Å². The Morgan fingerprint density at radius 3 is 2.78 bits per heavy atom. The third-order valence-electron chi connectivity index (χ3n) is 3.80. The molecule has 4 unspecified atom stereocenters. The van der Waals surface area contributed by atoms with E-state index < -0.39 is 42.6 Å². The summed E-state index contributed by atoms with van der Waals surface area (Å²) in [7, 11) is 0. The molecule has 126 valence electrons. The predicted molar refractivity (Wildman–Crippen MR) is 70.5 cm³/mol. The number of aliphatic hydroxyl groups excluding tert-OH is 3. The third kappa shape index (κ3) is 2.10. The van der Waals surface area contributed by atoms with Gasteiger partial charge in [0, 0.05) is 0 Å². The second-order valence-corrected chi connectivity index (χ2v) is 5.13. The topological polar surface area (TPSA) is 160 Å². The number of nitrogens with two attached hydrogens (primary N) is 1. The van der Waals surface area contributed by atoms with E-state index in [-0.39, 0.29) is 17.1 Å². The van der Waals surface area contributed by atoms with Gasteiger partial charge in [0.2, 0.25) is 5.95 Å². The predicted octanol–water partition coefficient (Wildman–Crippen LogP) is -2.05. The smallest absolute Gasteiger partial charge is 0.280 e. The molecule has 0 bridgehead atoms. The van der Waals surface area contributed by atoms with Crippen molar-refractivity contribution in [2.75, 3.05) is 12.3 Å². The van der Waals surface area contributed by atoms with Crippen LogP contribution in [0.4, 0.5) is 14.7 Å². The Morgan fingerprint density at radius 2 is 2.22 bits per heavy atom. The lowest BCUT2D eigenvalue weighted by Crippen LogP contribution is -2.52. The van der Waals surface area contributed by atoms with Crippen molar-refractivity contribution in [2.45, 2.75) is 30.5 Å². The minimum Gasteiger partial charge on any atom is -0.393 e. The van der Waals surface area contributed by atoms with Crippen molar-refractivity contribution < 1.29 is 28.8 Å². The van der Waals surface area contributed by atoms with Crippen LogP contribution in [0.5, 0.6) is 0 Å². The van der Waals surface area contributed by atoms with Crippen molar-refractivity contribution in [1.29, 1.82) is 0 Å². The van der Waals surface area contributed by atoms with Gasteiger partial charge in [-0.25, -0.2) is 13.8 Å². The number of aromatic nitrogens is 4. The zero-order valence-corrected chi connectivity index (χ0v) is 11.4. The number of ether oxygens (including phenoxy) is 1. The zero-order valence-electron chi connectivity index (χ0n) is 11.4. The Kier molecular flexibility index (Phi) is 3.55. The number of aliphatic hydroxyl groups is 3. The van der Waals surface area contributed by atoms with Crippen molar-refractivity contribution in [3.8, 4) is 0 Å².